The Balaban J connectivity index is 2.05. The molecule has 1 aromatic heterocycles. The molecule has 0 amide bonds. The minimum Gasteiger partial charge on any atom is -0.317 e. The lowest BCUT2D eigenvalue weighted by atomic mass is 10.2. The van der Waals surface area contributed by atoms with Gasteiger partial charge in [0.1, 0.15) is 0 Å². The highest BCUT2D eigenvalue weighted by Gasteiger charge is 2.02. The first-order valence-electron chi connectivity index (χ1n) is 6.14. The number of hydrogen-bond acceptors (Lipinski definition) is 2. The number of rotatable bonds is 8. The summed E-state index contributed by atoms with van der Waals surface area (Å²) in [5.74, 6) is 0. The van der Waals surface area contributed by atoms with Crippen LogP contribution in [0, 0.1) is 6.92 Å². The molecular formula is C12H22ClN3. The average Bonchev–Trinajstić information content (AvgIpc) is 2.59. The molecule has 0 atom stereocenters. The molecule has 0 bridgehead atoms. The minimum absolute atomic E-state index is 0.768. The van der Waals surface area contributed by atoms with Crippen molar-refractivity contribution in [3.05, 3.63) is 16.9 Å². The first-order chi connectivity index (χ1) is 7.75. The van der Waals surface area contributed by atoms with E-state index in [-0.39, 0.29) is 0 Å². The molecule has 16 heavy (non-hydrogen) atoms. The summed E-state index contributed by atoms with van der Waals surface area (Å²) in [5.41, 5.74) is 1.07. The van der Waals surface area contributed by atoms with Gasteiger partial charge < -0.3 is 5.32 Å². The van der Waals surface area contributed by atoms with E-state index in [2.05, 4.69) is 17.3 Å². The minimum atomic E-state index is 0.768. The van der Waals surface area contributed by atoms with E-state index in [1.807, 2.05) is 11.6 Å². The number of hydrogen-bond donors (Lipinski definition) is 1. The molecule has 0 saturated heterocycles. The Morgan fingerprint density at radius 3 is 2.75 bits per heavy atom. The van der Waals surface area contributed by atoms with Crippen LogP contribution in [-0.4, -0.2) is 22.9 Å². The molecule has 0 saturated carbocycles. The molecule has 0 unspecified atom stereocenters. The SMILES string of the molecule is CCCNCCCCCn1ncc(Cl)c1C. The zero-order valence-corrected chi connectivity index (χ0v) is 11.1. The number of nitrogens with one attached hydrogen (secondary N) is 1. The summed E-state index contributed by atoms with van der Waals surface area (Å²) in [6, 6.07) is 0. The smallest absolute Gasteiger partial charge is 0.0814 e. The van der Waals surface area contributed by atoms with Crippen molar-refractivity contribution in [2.45, 2.75) is 46.1 Å². The molecule has 1 rings (SSSR count). The van der Waals surface area contributed by atoms with E-state index < -0.39 is 0 Å². The van der Waals surface area contributed by atoms with Gasteiger partial charge >= 0.3 is 0 Å². The van der Waals surface area contributed by atoms with Crippen LogP contribution in [0.1, 0.15) is 38.3 Å². The lowest BCUT2D eigenvalue weighted by Crippen LogP contribution is -2.15. The fourth-order valence-electron chi connectivity index (χ4n) is 1.64. The number of halogens is 1. The highest BCUT2D eigenvalue weighted by Crippen LogP contribution is 2.13. The maximum atomic E-state index is 5.93. The fraction of sp³-hybridized carbons (Fsp3) is 0.750. The summed E-state index contributed by atoms with van der Waals surface area (Å²) in [4.78, 5) is 0. The monoisotopic (exact) mass is 243 g/mol. The molecule has 0 radical (unpaired) electrons. The molecule has 0 aromatic carbocycles. The highest BCUT2D eigenvalue weighted by atomic mass is 35.5. The van der Waals surface area contributed by atoms with Crippen molar-refractivity contribution in [1.29, 1.82) is 0 Å². The largest absolute Gasteiger partial charge is 0.317 e. The predicted molar refractivity (Wildman–Crippen MR) is 69.0 cm³/mol. The number of aryl methyl sites for hydroxylation is 1. The quantitative estimate of drug-likeness (QED) is 0.712. The third kappa shape index (κ3) is 4.54. The molecule has 1 heterocycles. The third-order valence-electron chi connectivity index (χ3n) is 2.69. The Labute approximate surface area is 103 Å². The van der Waals surface area contributed by atoms with Crippen LogP contribution in [0.5, 0.6) is 0 Å². The van der Waals surface area contributed by atoms with Crippen molar-refractivity contribution in [2.75, 3.05) is 13.1 Å². The molecule has 3 nitrogen and oxygen atoms in total. The van der Waals surface area contributed by atoms with E-state index in [1.54, 1.807) is 6.20 Å². The molecule has 4 heteroatoms. The van der Waals surface area contributed by atoms with Crippen LogP contribution >= 0.6 is 11.6 Å². The fourth-order valence-corrected chi connectivity index (χ4v) is 1.78. The van der Waals surface area contributed by atoms with E-state index in [0.29, 0.717) is 0 Å². The first-order valence-corrected chi connectivity index (χ1v) is 6.52. The molecule has 92 valence electrons. The third-order valence-corrected chi connectivity index (χ3v) is 3.06. The van der Waals surface area contributed by atoms with Gasteiger partial charge in [0.2, 0.25) is 0 Å². The Morgan fingerprint density at radius 1 is 1.31 bits per heavy atom. The topological polar surface area (TPSA) is 29.9 Å². The molecule has 0 fully saturated rings. The summed E-state index contributed by atoms with van der Waals surface area (Å²) in [7, 11) is 0. The van der Waals surface area contributed by atoms with Crippen LogP contribution in [0.3, 0.4) is 0 Å². The van der Waals surface area contributed by atoms with Gasteiger partial charge in [0.15, 0.2) is 0 Å². The maximum absolute atomic E-state index is 5.93. The summed E-state index contributed by atoms with van der Waals surface area (Å²) in [6.45, 7) is 7.45. The zero-order chi connectivity index (χ0) is 11.8. The zero-order valence-electron chi connectivity index (χ0n) is 10.3. The molecule has 0 aliphatic carbocycles. The van der Waals surface area contributed by atoms with E-state index in [4.69, 9.17) is 11.6 Å². The molecule has 1 N–H and O–H groups in total. The van der Waals surface area contributed by atoms with Crippen LogP contribution in [0.4, 0.5) is 0 Å². The average molecular weight is 244 g/mol. The number of unbranched alkanes of at least 4 members (excludes halogenated alkanes) is 2. The summed E-state index contributed by atoms with van der Waals surface area (Å²) >= 11 is 5.93. The van der Waals surface area contributed by atoms with Gasteiger partial charge in [0, 0.05) is 6.54 Å². The van der Waals surface area contributed by atoms with Crippen LogP contribution in [0.15, 0.2) is 6.20 Å². The summed E-state index contributed by atoms with van der Waals surface area (Å²) in [5, 5.41) is 8.41. The second kappa shape index (κ2) is 7.69. The molecule has 1 aromatic rings. The van der Waals surface area contributed by atoms with Gasteiger partial charge in [-0.2, -0.15) is 5.10 Å². The van der Waals surface area contributed by atoms with Crippen LogP contribution in [-0.2, 0) is 6.54 Å². The van der Waals surface area contributed by atoms with Gasteiger partial charge in [0.05, 0.1) is 16.9 Å². The normalized spacial score (nSPS) is 10.9. The lowest BCUT2D eigenvalue weighted by molar-refractivity contribution is 0.521. The highest BCUT2D eigenvalue weighted by molar-refractivity contribution is 6.31. The van der Waals surface area contributed by atoms with E-state index in [9.17, 15) is 0 Å². The van der Waals surface area contributed by atoms with Crippen LogP contribution in [0.2, 0.25) is 5.02 Å². The number of nitrogens with zero attached hydrogens (tertiary/aromatic N) is 2. The summed E-state index contributed by atoms with van der Waals surface area (Å²) in [6.07, 6.45) is 6.60. The van der Waals surface area contributed by atoms with E-state index in [0.717, 1.165) is 30.4 Å². The second-order valence-electron chi connectivity index (χ2n) is 4.11. The second-order valence-corrected chi connectivity index (χ2v) is 4.52. The molecule has 0 aliphatic heterocycles. The van der Waals surface area contributed by atoms with Gasteiger partial charge in [0.25, 0.3) is 0 Å². The van der Waals surface area contributed by atoms with Crippen molar-refractivity contribution in [3.63, 3.8) is 0 Å². The Hall–Kier alpha value is -0.540. The predicted octanol–water partition coefficient (Wildman–Crippen LogP) is 3.01. The molecular weight excluding hydrogens is 222 g/mol. The van der Waals surface area contributed by atoms with E-state index in [1.165, 1.54) is 25.7 Å². The Kier molecular flexibility index (Phi) is 6.50. The molecule has 0 spiro atoms. The van der Waals surface area contributed by atoms with Crippen LogP contribution < -0.4 is 5.32 Å². The Morgan fingerprint density at radius 2 is 2.12 bits per heavy atom. The van der Waals surface area contributed by atoms with Gasteiger partial charge in [-0.1, -0.05) is 24.9 Å². The first kappa shape index (κ1) is 13.5. The van der Waals surface area contributed by atoms with Gasteiger partial charge in [-0.3, -0.25) is 4.68 Å². The lowest BCUT2D eigenvalue weighted by Gasteiger charge is -2.05. The van der Waals surface area contributed by atoms with E-state index >= 15 is 0 Å². The maximum Gasteiger partial charge on any atom is 0.0814 e. The van der Waals surface area contributed by atoms with Crippen molar-refractivity contribution >= 4 is 11.6 Å². The molecule has 0 aliphatic rings. The van der Waals surface area contributed by atoms with Gasteiger partial charge in [-0.05, 0) is 39.3 Å². The van der Waals surface area contributed by atoms with Gasteiger partial charge in [-0.15, -0.1) is 0 Å². The number of aromatic nitrogens is 2. The standard InChI is InChI=1S/C12H22ClN3/c1-3-7-14-8-5-4-6-9-16-11(2)12(13)10-15-16/h10,14H,3-9H2,1-2H3. The van der Waals surface area contributed by atoms with Gasteiger partial charge in [-0.25, -0.2) is 0 Å². The van der Waals surface area contributed by atoms with Crippen molar-refractivity contribution < 1.29 is 0 Å². The van der Waals surface area contributed by atoms with Crippen molar-refractivity contribution in [2.24, 2.45) is 0 Å². The van der Waals surface area contributed by atoms with Crippen LogP contribution in [0.25, 0.3) is 0 Å². The van der Waals surface area contributed by atoms with Crippen molar-refractivity contribution in [1.82, 2.24) is 15.1 Å². The Bertz CT molecular complexity index is 296. The van der Waals surface area contributed by atoms with Crippen molar-refractivity contribution in [3.8, 4) is 0 Å². The summed E-state index contributed by atoms with van der Waals surface area (Å²) < 4.78 is 1.99.